The Morgan fingerprint density at radius 1 is 1.00 bits per heavy atom. The second kappa shape index (κ2) is 12.2. The summed E-state index contributed by atoms with van der Waals surface area (Å²) in [6, 6.07) is 20.3. The number of nitrogens with one attached hydrogen (secondary N) is 1. The van der Waals surface area contributed by atoms with Gasteiger partial charge >= 0.3 is 5.76 Å². The molecule has 224 valence electrons. The number of aromatic amines is 1. The summed E-state index contributed by atoms with van der Waals surface area (Å²) in [5.41, 5.74) is 5.40. The fourth-order valence-corrected chi connectivity index (χ4v) is 5.73. The molecule has 0 radical (unpaired) electrons. The van der Waals surface area contributed by atoms with Gasteiger partial charge in [0.25, 0.3) is 5.56 Å². The van der Waals surface area contributed by atoms with Crippen LogP contribution in [0.5, 0.6) is 0 Å². The summed E-state index contributed by atoms with van der Waals surface area (Å²) in [5.74, 6) is -0.141. The average molecular weight is 594 g/mol. The molecule has 9 nitrogen and oxygen atoms in total. The van der Waals surface area contributed by atoms with Gasteiger partial charge in [-0.1, -0.05) is 79.2 Å². The van der Waals surface area contributed by atoms with Crippen LogP contribution in [-0.2, 0) is 37.3 Å². The van der Waals surface area contributed by atoms with E-state index in [2.05, 4.69) is 17.1 Å². The van der Waals surface area contributed by atoms with E-state index in [-0.39, 0.29) is 30.2 Å². The molecule has 0 unspecified atom stereocenters. The van der Waals surface area contributed by atoms with Crippen LogP contribution in [0.15, 0.2) is 80.8 Å². The van der Waals surface area contributed by atoms with Gasteiger partial charge in [0.1, 0.15) is 11.6 Å². The molecule has 1 amide bonds. The van der Waals surface area contributed by atoms with E-state index in [1.165, 1.54) is 6.07 Å². The van der Waals surface area contributed by atoms with Crippen molar-refractivity contribution in [1.82, 2.24) is 24.6 Å². The quantitative estimate of drug-likeness (QED) is 0.252. The highest BCUT2D eigenvalue weighted by Gasteiger charge is 2.27. The highest BCUT2D eigenvalue weighted by Crippen LogP contribution is 2.30. The summed E-state index contributed by atoms with van der Waals surface area (Å²) in [7, 11) is 0. The number of amides is 1. The lowest BCUT2D eigenvalue weighted by Crippen LogP contribution is -2.34. The number of carbonyl (C=O) groups is 1. The van der Waals surface area contributed by atoms with Gasteiger partial charge < -0.3 is 4.90 Å². The molecular weight excluding hydrogens is 561 g/mol. The maximum Gasteiger partial charge on any atom is 0.439 e. The Bertz CT molecular complexity index is 1960. The number of nitrogens with zero attached hydrogens (tertiary/aromatic N) is 4. The highest BCUT2D eigenvalue weighted by atomic mass is 19.1. The van der Waals surface area contributed by atoms with E-state index in [9.17, 15) is 18.8 Å². The van der Waals surface area contributed by atoms with Crippen molar-refractivity contribution in [2.24, 2.45) is 0 Å². The zero-order valence-electron chi connectivity index (χ0n) is 24.6. The van der Waals surface area contributed by atoms with Crippen LogP contribution in [0.1, 0.15) is 53.5 Å². The minimum Gasteiger partial charge on any atom is -0.334 e. The van der Waals surface area contributed by atoms with E-state index in [1.807, 2.05) is 54.6 Å². The zero-order valence-corrected chi connectivity index (χ0v) is 24.6. The van der Waals surface area contributed by atoms with E-state index >= 15 is 0 Å². The third-order valence-corrected chi connectivity index (χ3v) is 8.14. The maximum absolute atomic E-state index is 14.3. The van der Waals surface area contributed by atoms with Crippen molar-refractivity contribution in [3.05, 3.63) is 127 Å². The molecule has 0 atom stereocenters. The molecule has 0 bridgehead atoms. The van der Waals surface area contributed by atoms with Crippen molar-refractivity contribution in [1.29, 1.82) is 0 Å². The number of hydrogen-bond acceptors (Lipinski definition) is 6. The van der Waals surface area contributed by atoms with E-state index in [0.717, 1.165) is 40.7 Å². The molecule has 10 heteroatoms. The Morgan fingerprint density at radius 3 is 2.48 bits per heavy atom. The first-order valence-corrected chi connectivity index (χ1v) is 14.7. The van der Waals surface area contributed by atoms with Crippen molar-refractivity contribution in [2.45, 2.75) is 59.2 Å². The molecular formula is C34H32FN5O4. The van der Waals surface area contributed by atoms with Gasteiger partial charge in [-0.3, -0.25) is 23.7 Å². The number of fused-ring (bicyclic) bond motifs is 1. The number of benzene rings is 3. The standard InChI is InChI=1S/C34H32FN5O4/c1-3-4-12-30-36-21(2)27(17-31(41)39-19-24-8-7-11-29(35)28(24)20-39)33(42)40(30)18-22-13-15-23(16-14-22)25-9-5-6-10-26(25)32-37-34(43)44-38-32/h5-11,13-16H,3-4,12,17-20H2,1-2H3,(H,37,38,43). The van der Waals surface area contributed by atoms with Crippen LogP contribution in [0.25, 0.3) is 22.5 Å². The number of unbranched alkanes of at least 4 members (excludes halogenated alkanes) is 1. The molecule has 0 fully saturated rings. The lowest BCUT2D eigenvalue weighted by molar-refractivity contribution is -0.131. The fraction of sp³-hybridized carbons (Fsp3) is 0.265. The first kappa shape index (κ1) is 29.0. The highest BCUT2D eigenvalue weighted by molar-refractivity contribution is 5.80. The molecule has 3 heterocycles. The van der Waals surface area contributed by atoms with Crippen LogP contribution in [-0.4, -0.2) is 30.5 Å². The predicted octanol–water partition coefficient (Wildman–Crippen LogP) is 5.18. The number of H-pyrrole nitrogens is 1. The summed E-state index contributed by atoms with van der Waals surface area (Å²) in [6.07, 6.45) is 2.37. The van der Waals surface area contributed by atoms with Crippen molar-refractivity contribution >= 4 is 5.91 Å². The predicted molar refractivity (Wildman–Crippen MR) is 163 cm³/mol. The smallest absolute Gasteiger partial charge is 0.334 e. The van der Waals surface area contributed by atoms with Crippen molar-refractivity contribution in [2.75, 3.05) is 0 Å². The Kier molecular flexibility index (Phi) is 8.06. The molecule has 2 aromatic heterocycles. The Morgan fingerprint density at radius 2 is 1.77 bits per heavy atom. The normalized spacial score (nSPS) is 12.5. The van der Waals surface area contributed by atoms with Gasteiger partial charge in [0, 0.05) is 41.9 Å². The van der Waals surface area contributed by atoms with Crippen molar-refractivity contribution in [3.63, 3.8) is 0 Å². The lowest BCUT2D eigenvalue weighted by Gasteiger charge is -2.19. The first-order chi connectivity index (χ1) is 21.3. The molecule has 0 saturated carbocycles. The fourth-order valence-electron chi connectivity index (χ4n) is 5.73. The summed E-state index contributed by atoms with van der Waals surface area (Å²) in [4.78, 5) is 47.8. The number of carbonyl (C=O) groups excluding carboxylic acids is 1. The third kappa shape index (κ3) is 5.75. The summed E-state index contributed by atoms with van der Waals surface area (Å²) < 4.78 is 20.7. The van der Waals surface area contributed by atoms with Crippen LogP contribution in [0.3, 0.4) is 0 Å². The van der Waals surface area contributed by atoms with Crippen LogP contribution >= 0.6 is 0 Å². The van der Waals surface area contributed by atoms with E-state index in [1.54, 1.807) is 22.5 Å². The average Bonchev–Trinajstić information content (AvgIpc) is 3.67. The Balaban J connectivity index is 1.27. The largest absolute Gasteiger partial charge is 0.439 e. The molecule has 1 aliphatic rings. The number of halogens is 1. The molecule has 3 aromatic carbocycles. The van der Waals surface area contributed by atoms with Gasteiger partial charge in [-0.2, -0.15) is 0 Å². The summed E-state index contributed by atoms with van der Waals surface area (Å²) in [6.45, 7) is 4.67. The van der Waals surface area contributed by atoms with Gasteiger partial charge in [-0.05, 0) is 41.7 Å². The SMILES string of the molecule is CCCCc1nc(C)c(CC(=O)N2Cc3cccc(F)c3C2)c(=O)n1Cc1ccc(-c2ccccc2-c2noc(=O)[nH]2)cc1. The van der Waals surface area contributed by atoms with Crippen molar-refractivity contribution in [3.8, 4) is 22.5 Å². The Labute approximate surface area is 253 Å². The molecule has 5 aromatic rings. The van der Waals surface area contributed by atoms with Gasteiger partial charge in [-0.15, -0.1) is 0 Å². The third-order valence-electron chi connectivity index (χ3n) is 8.14. The monoisotopic (exact) mass is 593 g/mol. The van der Waals surface area contributed by atoms with Gasteiger partial charge in [0.2, 0.25) is 5.91 Å². The molecule has 0 saturated heterocycles. The lowest BCUT2D eigenvalue weighted by atomic mass is 9.98. The van der Waals surface area contributed by atoms with Gasteiger partial charge in [-0.25, -0.2) is 14.2 Å². The number of hydrogen-bond donors (Lipinski definition) is 1. The summed E-state index contributed by atoms with van der Waals surface area (Å²) in [5, 5.41) is 3.83. The maximum atomic E-state index is 14.3. The molecule has 1 N–H and O–H groups in total. The number of rotatable bonds is 9. The van der Waals surface area contributed by atoms with Crippen LogP contribution in [0.2, 0.25) is 0 Å². The number of aryl methyl sites for hydroxylation is 2. The van der Waals surface area contributed by atoms with Crippen molar-refractivity contribution < 1.29 is 13.7 Å². The molecule has 0 aliphatic carbocycles. The van der Waals surface area contributed by atoms with E-state index < -0.39 is 5.76 Å². The summed E-state index contributed by atoms with van der Waals surface area (Å²) >= 11 is 0. The Hall–Kier alpha value is -5.12. The first-order valence-electron chi connectivity index (χ1n) is 14.7. The van der Waals surface area contributed by atoms with E-state index in [0.29, 0.717) is 48.0 Å². The minimum atomic E-state index is -0.623. The minimum absolute atomic E-state index is 0.0960. The molecule has 0 spiro atoms. The second-order valence-corrected chi connectivity index (χ2v) is 11.1. The van der Waals surface area contributed by atoms with Gasteiger partial charge in [0.05, 0.1) is 13.0 Å². The second-order valence-electron chi connectivity index (χ2n) is 11.1. The zero-order chi connectivity index (χ0) is 30.8. The molecule has 6 rings (SSSR count). The van der Waals surface area contributed by atoms with Crippen LogP contribution < -0.4 is 11.3 Å². The van der Waals surface area contributed by atoms with E-state index in [4.69, 9.17) is 9.51 Å². The topological polar surface area (TPSA) is 114 Å². The van der Waals surface area contributed by atoms with Crippen LogP contribution in [0, 0.1) is 12.7 Å². The number of aromatic nitrogens is 4. The van der Waals surface area contributed by atoms with Gasteiger partial charge in [0.15, 0.2) is 5.82 Å². The van der Waals surface area contributed by atoms with Crippen LogP contribution in [0.4, 0.5) is 4.39 Å². The molecule has 1 aliphatic heterocycles. The molecule has 44 heavy (non-hydrogen) atoms.